The van der Waals surface area contributed by atoms with Crippen molar-refractivity contribution in [3.8, 4) is 28.0 Å². The predicted molar refractivity (Wildman–Crippen MR) is 147 cm³/mol. The number of carboxylic acids is 1. The minimum absolute atomic E-state index is 0.0506. The third-order valence-corrected chi connectivity index (χ3v) is 6.62. The maximum absolute atomic E-state index is 12.4. The Balaban J connectivity index is 1.63. The Labute approximate surface area is 219 Å². The molecule has 5 rings (SSSR count). The standard InChI is InChI=1S/C31H28N2O5/c1-19-10-24(16-33(2)31(19)36)26-12-23(21-8-5-6-20(11-21)15-32)13-27-25(18-38-30(26)27)17-37-28-9-4-3-7-22(28)14-29(34)35/h3-13,16,18H,14-15,17,32H2,1-2H3,(H,34,35). The van der Waals surface area contributed by atoms with Crippen molar-refractivity contribution < 1.29 is 19.1 Å². The van der Waals surface area contributed by atoms with Crippen LogP contribution >= 0.6 is 0 Å². The molecule has 5 aromatic rings. The number of ether oxygens (including phenoxy) is 1. The summed E-state index contributed by atoms with van der Waals surface area (Å²) in [4.78, 5) is 23.7. The zero-order valence-corrected chi connectivity index (χ0v) is 21.2. The Morgan fingerprint density at radius 1 is 1.00 bits per heavy atom. The number of nitrogens with two attached hydrogens (primary N) is 1. The molecule has 7 nitrogen and oxygen atoms in total. The van der Waals surface area contributed by atoms with Crippen molar-refractivity contribution in [2.24, 2.45) is 12.8 Å². The molecule has 192 valence electrons. The van der Waals surface area contributed by atoms with Crippen LogP contribution in [0.5, 0.6) is 5.75 Å². The quantitative estimate of drug-likeness (QED) is 0.289. The molecule has 0 bridgehead atoms. The van der Waals surface area contributed by atoms with Crippen molar-refractivity contribution in [3.63, 3.8) is 0 Å². The van der Waals surface area contributed by atoms with Crippen molar-refractivity contribution in [1.29, 1.82) is 0 Å². The molecule has 0 aliphatic carbocycles. The fraction of sp³-hybridized carbons (Fsp3) is 0.161. The Kier molecular flexibility index (Phi) is 6.85. The number of aliphatic carboxylic acids is 1. The van der Waals surface area contributed by atoms with E-state index in [4.69, 9.17) is 14.9 Å². The predicted octanol–water partition coefficient (Wildman–Crippen LogP) is 5.44. The number of para-hydroxylation sites is 1. The number of aromatic nitrogens is 1. The highest BCUT2D eigenvalue weighted by molar-refractivity contribution is 5.98. The van der Waals surface area contributed by atoms with E-state index in [9.17, 15) is 14.7 Å². The second-order valence-corrected chi connectivity index (χ2v) is 9.36. The SMILES string of the molecule is Cc1cc(-c2cc(-c3cccc(CN)c3)cc3c(COc4ccccc4CC(=O)O)coc23)cn(C)c1=O. The van der Waals surface area contributed by atoms with Gasteiger partial charge in [-0.1, -0.05) is 36.4 Å². The van der Waals surface area contributed by atoms with Crippen LogP contribution in [0, 0.1) is 6.92 Å². The number of furan rings is 1. The van der Waals surface area contributed by atoms with Crippen molar-refractivity contribution in [3.05, 3.63) is 112 Å². The molecule has 0 unspecified atom stereocenters. The molecular formula is C31H28N2O5. The van der Waals surface area contributed by atoms with Gasteiger partial charge in [-0.25, -0.2) is 0 Å². The lowest BCUT2D eigenvalue weighted by molar-refractivity contribution is -0.136. The van der Waals surface area contributed by atoms with Crippen LogP contribution in [0.25, 0.3) is 33.2 Å². The number of fused-ring (bicyclic) bond motifs is 1. The number of hydrogen-bond donors (Lipinski definition) is 2. The number of rotatable bonds is 8. The first kappa shape index (κ1) is 25.0. The number of hydrogen-bond acceptors (Lipinski definition) is 5. The van der Waals surface area contributed by atoms with Crippen LogP contribution in [0.3, 0.4) is 0 Å². The Bertz CT molecular complexity index is 1690. The summed E-state index contributed by atoms with van der Waals surface area (Å²) >= 11 is 0. The van der Waals surface area contributed by atoms with Crippen molar-refractivity contribution >= 4 is 16.9 Å². The van der Waals surface area contributed by atoms with E-state index in [1.54, 1.807) is 43.0 Å². The molecule has 0 radical (unpaired) electrons. The number of carbonyl (C=O) groups is 1. The average molecular weight is 509 g/mol. The van der Waals surface area contributed by atoms with E-state index >= 15 is 0 Å². The third kappa shape index (κ3) is 4.96. The molecule has 0 fully saturated rings. The van der Waals surface area contributed by atoms with Gasteiger partial charge in [0.15, 0.2) is 0 Å². The number of pyridine rings is 1. The van der Waals surface area contributed by atoms with Crippen LogP contribution in [0.2, 0.25) is 0 Å². The second-order valence-electron chi connectivity index (χ2n) is 9.36. The lowest BCUT2D eigenvalue weighted by Crippen LogP contribution is -2.18. The van der Waals surface area contributed by atoms with Gasteiger partial charge in [-0.15, -0.1) is 0 Å². The highest BCUT2D eigenvalue weighted by atomic mass is 16.5. The zero-order chi connectivity index (χ0) is 26.8. The van der Waals surface area contributed by atoms with Gasteiger partial charge in [0.25, 0.3) is 5.56 Å². The largest absolute Gasteiger partial charge is 0.488 e. The highest BCUT2D eigenvalue weighted by Crippen LogP contribution is 2.37. The smallest absolute Gasteiger partial charge is 0.307 e. The summed E-state index contributed by atoms with van der Waals surface area (Å²) in [6, 6.07) is 21.2. The molecule has 0 saturated carbocycles. The molecule has 7 heteroatoms. The summed E-state index contributed by atoms with van der Waals surface area (Å²) in [5.41, 5.74) is 13.3. The topological polar surface area (TPSA) is 108 Å². The molecular weight excluding hydrogens is 480 g/mol. The van der Waals surface area contributed by atoms with Gasteiger partial charge < -0.3 is 24.6 Å². The molecule has 0 spiro atoms. The first-order chi connectivity index (χ1) is 18.3. The Hall–Kier alpha value is -4.62. The fourth-order valence-electron chi connectivity index (χ4n) is 4.69. The van der Waals surface area contributed by atoms with Crippen molar-refractivity contribution in [1.82, 2.24) is 4.57 Å². The van der Waals surface area contributed by atoms with E-state index in [-0.39, 0.29) is 18.6 Å². The van der Waals surface area contributed by atoms with E-state index in [0.29, 0.717) is 29.0 Å². The molecule has 3 aromatic carbocycles. The van der Waals surface area contributed by atoms with E-state index < -0.39 is 5.97 Å². The minimum Gasteiger partial charge on any atom is -0.488 e. The maximum atomic E-state index is 12.4. The van der Waals surface area contributed by atoms with E-state index in [1.165, 1.54) is 0 Å². The maximum Gasteiger partial charge on any atom is 0.307 e. The van der Waals surface area contributed by atoms with Crippen molar-refractivity contribution in [2.45, 2.75) is 26.5 Å². The molecule has 0 aliphatic heterocycles. The number of benzene rings is 3. The summed E-state index contributed by atoms with van der Waals surface area (Å²) in [6.45, 7) is 2.43. The molecule has 0 atom stereocenters. The minimum atomic E-state index is -0.920. The molecule has 2 heterocycles. The van der Waals surface area contributed by atoms with Gasteiger partial charge in [0.2, 0.25) is 0 Å². The van der Waals surface area contributed by atoms with Gasteiger partial charge in [-0.3, -0.25) is 9.59 Å². The Morgan fingerprint density at radius 3 is 2.58 bits per heavy atom. The molecule has 0 saturated heterocycles. The van der Waals surface area contributed by atoms with Crippen LogP contribution in [0.4, 0.5) is 0 Å². The monoisotopic (exact) mass is 508 g/mol. The van der Waals surface area contributed by atoms with Gasteiger partial charge in [0.05, 0.1) is 12.7 Å². The van der Waals surface area contributed by atoms with Gasteiger partial charge >= 0.3 is 5.97 Å². The van der Waals surface area contributed by atoms with E-state index in [1.807, 2.05) is 36.5 Å². The van der Waals surface area contributed by atoms with Gasteiger partial charge in [-0.05, 0) is 53.9 Å². The summed E-state index contributed by atoms with van der Waals surface area (Å²) in [6.07, 6.45) is 3.36. The summed E-state index contributed by atoms with van der Waals surface area (Å²) in [5, 5.41) is 10.1. The fourth-order valence-corrected chi connectivity index (χ4v) is 4.69. The Morgan fingerprint density at radius 2 is 1.82 bits per heavy atom. The average Bonchev–Trinajstić information content (AvgIpc) is 3.33. The summed E-state index contributed by atoms with van der Waals surface area (Å²) in [5.74, 6) is -0.402. The van der Waals surface area contributed by atoms with Crippen molar-refractivity contribution in [2.75, 3.05) is 0 Å². The van der Waals surface area contributed by atoms with Gasteiger partial charge in [-0.2, -0.15) is 0 Å². The lowest BCUT2D eigenvalue weighted by atomic mass is 9.95. The molecule has 38 heavy (non-hydrogen) atoms. The van der Waals surface area contributed by atoms with Crippen LogP contribution in [0.1, 0.15) is 22.3 Å². The lowest BCUT2D eigenvalue weighted by Gasteiger charge is -2.12. The third-order valence-electron chi connectivity index (χ3n) is 6.62. The number of aryl methyl sites for hydroxylation is 2. The first-order valence-electron chi connectivity index (χ1n) is 12.3. The summed E-state index contributed by atoms with van der Waals surface area (Å²) < 4.78 is 13.7. The van der Waals surface area contributed by atoms with Crippen LogP contribution < -0.4 is 16.0 Å². The molecule has 0 aliphatic rings. The van der Waals surface area contributed by atoms with Crippen LogP contribution in [-0.2, 0) is 31.4 Å². The normalized spacial score (nSPS) is 11.1. The summed E-state index contributed by atoms with van der Waals surface area (Å²) in [7, 11) is 1.74. The van der Waals surface area contributed by atoms with Gasteiger partial charge in [0, 0.05) is 53.0 Å². The van der Waals surface area contributed by atoms with Crippen LogP contribution in [0.15, 0.2) is 88.4 Å². The van der Waals surface area contributed by atoms with E-state index in [2.05, 4.69) is 18.2 Å². The van der Waals surface area contributed by atoms with Crippen LogP contribution in [-0.4, -0.2) is 15.6 Å². The molecule has 2 aromatic heterocycles. The second kappa shape index (κ2) is 10.4. The van der Waals surface area contributed by atoms with E-state index in [0.717, 1.165) is 38.8 Å². The first-order valence-corrected chi connectivity index (χ1v) is 12.3. The number of nitrogens with zero attached hydrogens (tertiary/aromatic N) is 1. The molecule has 3 N–H and O–H groups in total. The van der Waals surface area contributed by atoms with Gasteiger partial charge in [0.1, 0.15) is 17.9 Å². The zero-order valence-electron chi connectivity index (χ0n) is 21.2. The highest BCUT2D eigenvalue weighted by Gasteiger charge is 2.17. The number of carboxylic acid groups (broad SMARTS) is 1. The molecule has 0 amide bonds.